The molecule has 0 aliphatic carbocycles. The van der Waals surface area contributed by atoms with Gasteiger partial charge in [-0.2, -0.15) is 0 Å². The summed E-state index contributed by atoms with van der Waals surface area (Å²) in [6.07, 6.45) is 0.383. The topological polar surface area (TPSA) is 67.2 Å². The van der Waals surface area contributed by atoms with Crippen molar-refractivity contribution in [3.63, 3.8) is 0 Å². The van der Waals surface area contributed by atoms with Crippen molar-refractivity contribution in [3.8, 4) is 0 Å². The van der Waals surface area contributed by atoms with E-state index in [0.29, 0.717) is 6.42 Å². The molecule has 0 aromatic heterocycles. The minimum Gasteiger partial charge on any atom is -0.376 e. The van der Waals surface area contributed by atoms with Crippen molar-refractivity contribution in [1.29, 1.82) is 0 Å². The maximum Gasteiger partial charge on any atom is 0.221 e. The lowest BCUT2D eigenvalue weighted by Gasteiger charge is -2.11. The van der Waals surface area contributed by atoms with Gasteiger partial charge < -0.3 is 16.4 Å². The molecule has 0 bridgehead atoms. The third-order valence-electron chi connectivity index (χ3n) is 1.16. The quantitative estimate of drug-likeness (QED) is 0.498. The van der Waals surface area contributed by atoms with Crippen LogP contribution < -0.4 is 16.4 Å². The van der Waals surface area contributed by atoms with E-state index in [-0.39, 0.29) is 17.1 Å². The number of amides is 1. The van der Waals surface area contributed by atoms with Crippen molar-refractivity contribution in [3.05, 3.63) is 0 Å². The van der Waals surface area contributed by atoms with E-state index in [9.17, 15) is 4.79 Å². The predicted molar refractivity (Wildman–Crippen MR) is 48.1 cm³/mol. The zero-order chi connectivity index (χ0) is 8.85. The van der Waals surface area contributed by atoms with Crippen molar-refractivity contribution in [1.82, 2.24) is 10.6 Å². The summed E-state index contributed by atoms with van der Waals surface area (Å²) in [4.78, 5) is 10.8. The molecule has 64 valence electrons. The van der Waals surface area contributed by atoms with Crippen LogP contribution in [0.4, 0.5) is 0 Å². The fraction of sp³-hybridized carbons (Fsp3) is 0.667. The maximum atomic E-state index is 10.8. The minimum absolute atomic E-state index is 0.00699. The van der Waals surface area contributed by atoms with E-state index in [4.69, 9.17) is 5.73 Å². The molecule has 0 heterocycles. The van der Waals surface area contributed by atoms with Gasteiger partial charge in [0.15, 0.2) is 5.11 Å². The molecule has 11 heavy (non-hydrogen) atoms. The summed E-state index contributed by atoms with van der Waals surface area (Å²) in [5, 5.41) is 5.49. The SMILES string of the molecule is CNC(=O)CC(C)NC(N)=S. The molecule has 4 N–H and O–H groups in total. The largest absolute Gasteiger partial charge is 0.376 e. The van der Waals surface area contributed by atoms with Crippen LogP contribution in [0.25, 0.3) is 0 Å². The van der Waals surface area contributed by atoms with E-state index in [1.165, 1.54) is 0 Å². The molecular formula is C6H13N3OS. The first kappa shape index (κ1) is 10.2. The van der Waals surface area contributed by atoms with Gasteiger partial charge in [-0.15, -0.1) is 0 Å². The van der Waals surface area contributed by atoms with Crippen LogP contribution in [0.15, 0.2) is 0 Å². The second kappa shape index (κ2) is 4.90. The Kier molecular flexibility index (Phi) is 4.52. The minimum atomic E-state index is -0.0266. The van der Waals surface area contributed by atoms with Gasteiger partial charge in [0.05, 0.1) is 0 Å². The van der Waals surface area contributed by atoms with E-state index in [0.717, 1.165) is 0 Å². The molecule has 0 aromatic carbocycles. The van der Waals surface area contributed by atoms with Crippen molar-refractivity contribution >= 4 is 23.2 Å². The van der Waals surface area contributed by atoms with Crippen LogP contribution in [-0.4, -0.2) is 24.1 Å². The van der Waals surface area contributed by atoms with E-state index in [2.05, 4.69) is 22.9 Å². The van der Waals surface area contributed by atoms with Crippen LogP contribution in [-0.2, 0) is 4.79 Å². The Morgan fingerprint density at radius 1 is 1.73 bits per heavy atom. The summed E-state index contributed by atoms with van der Waals surface area (Å²) in [5.41, 5.74) is 5.20. The Hall–Kier alpha value is -0.840. The number of carbonyl (C=O) groups is 1. The highest BCUT2D eigenvalue weighted by molar-refractivity contribution is 7.80. The zero-order valence-corrected chi connectivity index (χ0v) is 7.49. The van der Waals surface area contributed by atoms with Crippen LogP contribution in [0.5, 0.6) is 0 Å². The first-order valence-corrected chi connectivity index (χ1v) is 3.73. The highest BCUT2D eigenvalue weighted by Crippen LogP contribution is 1.88. The van der Waals surface area contributed by atoms with Crippen molar-refractivity contribution in [2.45, 2.75) is 19.4 Å². The molecule has 1 atom stereocenters. The molecule has 0 fully saturated rings. The molecule has 0 rings (SSSR count). The third-order valence-corrected chi connectivity index (χ3v) is 1.28. The summed E-state index contributed by atoms with van der Waals surface area (Å²) < 4.78 is 0. The number of rotatable bonds is 3. The highest BCUT2D eigenvalue weighted by atomic mass is 32.1. The monoisotopic (exact) mass is 175 g/mol. The van der Waals surface area contributed by atoms with Gasteiger partial charge in [0.1, 0.15) is 0 Å². The number of hydrogen-bond acceptors (Lipinski definition) is 2. The summed E-state index contributed by atoms with van der Waals surface area (Å²) >= 11 is 4.60. The lowest BCUT2D eigenvalue weighted by molar-refractivity contribution is -0.120. The first-order chi connectivity index (χ1) is 5.06. The molecule has 0 saturated heterocycles. The van der Waals surface area contributed by atoms with Gasteiger partial charge in [0.25, 0.3) is 0 Å². The van der Waals surface area contributed by atoms with Crippen LogP contribution in [0.1, 0.15) is 13.3 Å². The van der Waals surface area contributed by atoms with Gasteiger partial charge in [-0.3, -0.25) is 4.79 Å². The number of thiocarbonyl (C=S) groups is 1. The molecular weight excluding hydrogens is 162 g/mol. The van der Waals surface area contributed by atoms with Gasteiger partial charge in [0, 0.05) is 19.5 Å². The van der Waals surface area contributed by atoms with Crippen molar-refractivity contribution < 1.29 is 4.79 Å². The van der Waals surface area contributed by atoms with Gasteiger partial charge in [-0.1, -0.05) is 0 Å². The zero-order valence-electron chi connectivity index (χ0n) is 6.68. The molecule has 0 aromatic rings. The molecule has 0 aliphatic heterocycles. The Morgan fingerprint density at radius 2 is 2.27 bits per heavy atom. The summed E-state index contributed by atoms with van der Waals surface area (Å²) in [5.74, 6) is -0.0266. The summed E-state index contributed by atoms with van der Waals surface area (Å²) in [7, 11) is 1.59. The third kappa shape index (κ3) is 5.60. The molecule has 4 nitrogen and oxygen atoms in total. The molecule has 0 saturated carbocycles. The average molecular weight is 175 g/mol. The van der Waals surface area contributed by atoms with Crippen molar-refractivity contribution in [2.24, 2.45) is 5.73 Å². The molecule has 0 radical (unpaired) electrons. The van der Waals surface area contributed by atoms with Gasteiger partial charge >= 0.3 is 0 Å². The fourth-order valence-corrected chi connectivity index (χ4v) is 0.875. The molecule has 5 heteroatoms. The lowest BCUT2D eigenvalue weighted by atomic mass is 10.2. The van der Waals surface area contributed by atoms with Gasteiger partial charge in [-0.25, -0.2) is 0 Å². The van der Waals surface area contributed by atoms with Crippen LogP contribution >= 0.6 is 12.2 Å². The Bertz CT molecular complexity index is 160. The van der Waals surface area contributed by atoms with E-state index in [1.54, 1.807) is 7.05 Å². The molecule has 1 unspecified atom stereocenters. The first-order valence-electron chi connectivity index (χ1n) is 3.32. The average Bonchev–Trinajstić information content (AvgIpc) is 1.85. The molecule has 1 amide bonds. The lowest BCUT2D eigenvalue weighted by Crippen LogP contribution is -2.39. The fourth-order valence-electron chi connectivity index (χ4n) is 0.674. The smallest absolute Gasteiger partial charge is 0.221 e. The Balaban J connectivity index is 3.60. The van der Waals surface area contributed by atoms with E-state index >= 15 is 0 Å². The maximum absolute atomic E-state index is 10.8. The number of nitrogens with one attached hydrogen (secondary N) is 2. The van der Waals surface area contributed by atoms with E-state index in [1.807, 2.05) is 6.92 Å². The van der Waals surface area contributed by atoms with Crippen molar-refractivity contribution in [2.75, 3.05) is 7.05 Å². The standard InChI is InChI=1S/C6H13N3OS/c1-4(9-6(7)11)3-5(10)8-2/h4H,3H2,1-2H3,(H,8,10)(H3,7,9,11). The number of nitrogens with two attached hydrogens (primary N) is 1. The second-order valence-corrected chi connectivity index (χ2v) is 2.73. The normalized spacial score (nSPS) is 11.8. The van der Waals surface area contributed by atoms with Crippen LogP contribution in [0, 0.1) is 0 Å². The predicted octanol–water partition coefficient (Wildman–Crippen LogP) is -0.656. The van der Waals surface area contributed by atoms with E-state index < -0.39 is 0 Å². The molecule has 0 spiro atoms. The van der Waals surface area contributed by atoms with Crippen LogP contribution in [0.3, 0.4) is 0 Å². The highest BCUT2D eigenvalue weighted by Gasteiger charge is 2.06. The Morgan fingerprint density at radius 3 is 2.64 bits per heavy atom. The van der Waals surface area contributed by atoms with Crippen LogP contribution in [0.2, 0.25) is 0 Å². The van der Waals surface area contributed by atoms with Gasteiger partial charge in [-0.05, 0) is 19.1 Å². The number of carbonyl (C=O) groups excluding carboxylic acids is 1. The summed E-state index contributed by atoms with van der Waals surface area (Å²) in [6, 6.07) is -0.00699. The number of hydrogen-bond donors (Lipinski definition) is 3. The summed E-state index contributed by atoms with van der Waals surface area (Å²) in [6.45, 7) is 1.84. The van der Waals surface area contributed by atoms with Gasteiger partial charge in [0.2, 0.25) is 5.91 Å². The Labute approximate surface area is 71.5 Å². The molecule has 0 aliphatic rings. The second-order valence-electron chi connectivity index (χ2n) is 2.29.